The van der Waals surface area contributed by atoms with Crippen LogP contribution in [0.1, 0.15) is 11.4 Å². The van der Waals surface area contributed by atoms with Crippen LogP contribution in [0.4, 0.5) is 0 Å². The van der Waals surface area contributed by atoms with Crippen molar-refractivity contribution in [2.24, 2.45) is 0 Å². The molecule has 4 nitrogen and oxygen atoms in total. The maximum atomic E-state index is 4.52. The fraction of sp³-hybridized carbons (Fsp3) is 0.600. The van der Waals surface area contributed by atoms with Gasteiger partial charge in [0.25, 0.3) is 0 Å². The Hall–Kier alpha value is -0.170. The van der Waals surface area contributed by atoms with E-state index in [1.807, 2.05) is 17.1 Å². The van der Waals surface area contributed by atoms with Crippen LogP contribution in [0.15, 0.2) is 4.63 Å². The van der Waals surface area contributed by atoms with Crippen LogP contribution in [0.2, 0.25) is 0 Å². The van der Waals surface area contributed by atoms with Crippen molar-refractivity contribution >= 4 is 22.9 Å². The number of hydrogen-bond donors (Lipinski definition) is 0. The van der Waals surface area contributed by atoms with Crippen LogP contribution < -0.4 is 0 Å². The van der Waals surface area contributed by atoms with Crippen LogP contribution in [-0.2, 0) is 6.54 Å². The molecule has 1 rings (SSSR count). The number of nitrogens with zero attached hydrogens (tertiary/aromatic N) is 3. The lowest BCUT2D eigenvalue weighted by Crippen LogP contribution is -2.04. The maximum Gasteiger partial charge on any atom is 0.122 e. The van der Waals surface area contributed by atoms with Crippen molar-refractivity contribution in [3.05, 3.63) is 11.4 Å². The Labute approximate surface area is 73.0 Å². The molecule has 0 unspecified atom stereocenters. The van der Waals surface area contributed by atoms with Gasteiger partial charge in [-0.2, -0.15) is 0 Å². The first-order chi connectivity index (χ1) is 4.70. The molecule has 0 saturated carbocycles. The Balaban J connectivity index is 2.65. The van der Waals surface area contributed by atoms with Gasteiger partial charge >= 0.3 is 0 Å². The number of aryl methyl sites for hydroxylation is 1. The molecule has 1 aromatic rings. The molecule has 1 heterocycles. The summed E-state index contributed by atoms with van der Waals surface area (Å²) in [5.74, 6) is 0. The van der Waals surface area contributed by atoms with E-state index >= 15 is 0 Å². The Morgan fingerprint density at radius 3 is 2.70 bits per heavy atom. The van der Waals surface area contributed by atoms with Crippen molar-refractivity contribution in [3.8, 4) is 0 Å². The molecule has 0 atom stereocenters. The number of halogens is 1. The minimum Gasteiger partial charge on any atom is -0.244 e. The summed E-state index contributed by atoms with van der Waals surface area (Å²) in [6.45, 7) is 2.65. The molecular formula is C5H8IN3O. The molecule has 0 radical (unpaired) electrons. The first-order valence-corrected chi connectivity index (χ1v) is 3.81. The van der Waals surface area contributed by atoms with Gasteiger partial charge in [0.1, 0.15) is 11.4 Å². The van der Waals surface area contributed by atoms with E-state index < -0.39 is 0 Å². The molecule has 0 spiro atoms. The molecule has 10 heavy (non-hydrogen) atoms. The molecule has 0 saturated heterocycles. The van der Waals surface area contributed by atoms with Crippen LogP contribution in [0, 0.1) is 6.92 Å². The van der Waals surface area contributed by atoms with E-state index in [9.17, 15) is 0 Å². The van der Waals surface area contributed by atoms with Crippen molar-refractivity contribution in [3.63, 3.8) is 0 Å². The lowest BCUT2D eigenvalue weighted by Gasteiger charge is -2.01. The first kappa shape index (κ1) is 7.93. The van der Waals surface area contributed by atoms with Gasteiger partial charge in [0, 0.05) is 22.9 Å². The molecule has 0 aromatic carbocycles. The second kappa shape index (κ2) is 3.29. The average Bonchev–Trinajstić information content (AvgIpc) is 2.15. The quantitative estimate of drug-likeness (QED) is 0.586. The number of aromatic nitrogens is 2. The second-order valence-electron chi connectivity index (χ2n) is 2.06. The molecular weight excluding hydrogens is 245 g/mol. The molecule has 0 N–H and O–H groups in total. The zero-order valence-electron chi connectivity index (χ0n) is 5.83. The van der Waals surface area contributed by atoms with Crippen molar-refractivity contribution < 1.29 is 4.63 Å². The van der Waals surface area contributed by atoms with Crippen LogP contribution in [-0.4, -0.2) is 20.5 Å². The van der Waals surface area contributed by atoms with E-state index in [0.29, 0.717) is 0 Å². The SMILES string of the molecule is Cc1nonc1CN(C)I. The van der Waals surface area contributed by atoms with Gasteiger partial charge in [0.2, 0.25) is 0 Å². The van der Waals surface area contributed by atoms with Crippen molar-refractivity contribution in [1.82, 2.24) is 13.4 Å². The van der Waals surface area contributed by atoms with Gasteiger partial charge in [0.05, 0.1) is 6.54 Å². The standard InChI is InChI=1S/C5H8IN3O/c1-4-5(3-9(2)6)8-10-7-4/h3H2,1-2H3. The molecule has 0 aliphatic heterocycles. The van der Waals surface area contributed by atoms with E-state index in [2.05, 4.69) is 37.8 Å². The molecule has 0 aliphatic carbocycles. The van der Waals surface area contributed by atoms with E-state index in [4.69, 9.17) is 0 Å². The zero-order valence-corrected chi connectivity index (χ0v) is 7.99. The monoisotopic (exact) mass is 253 g/mol. The summed E-state index contributed by atoms with van der Waals surface area (Å²) in [4.78, 5) is 0. The molecule has 0 fully saturated rings. The largest absolute Gasteiger partial charge is 0.244 e. The summed E-state index contributed by atoms with van der Waals surface area (Å²) < 4.78 is 6.51. The Bertz CT molecular complexity index is 210. The lowest BCUT2D eigenvalue weighted by molar-refractivity contribution is 0.299. The minimum atomic E-state index is 0.774. The van der Waals surface area contributed by atoms with Crippen molar-refractivity contribution in [2.75, 3.05) is 7.05 Å². The summed E-state index contributed by atoms with van der Waals surface area (Å²) in [7, 11) is 1.97. The fourth-order valence-electron chi connectivity index (χ4n) is 0.599. The summed E-state index contributed by atoms with van der Waals surface area (Å²) >= 11 is 2.18. The second-order valence-corrected chi connectivity index (χ2v) is 3.71. The van der Waals surface area contributed by atoms with Gasteiger partial charge in [-0.1, -0.05) is 10.3 Å². The van der Waals surface area contributed by atoms with E-state index in [1.54, 1.807) is 0 Å². The van der Waals surface area contributed by atoms with E-state index in [0.717, 1.165) is 17.9 Å². The summed E-state index contributed by atoms with van der Waals surface area (Å²) in [5.41, 5.74) is 1.76. The molecule has 56 valence electrons. The predicted molar refractivity (Wildman–Crippen MR) is 44.5 cm³/mol. The van der Waals surface area contributed by atoms with Gasteiger partial charge in [0.15, 0.2) is 0 Å². The minimum absolute atomic E-state index is 0.774. The summed E-state index contributed by atoms with van der Waals surface area (Å²) in [6.07, 6.45) is 0. The third kappa shape index (κ3) is 1.91. The Morgan fingerprint density at radius 1 is 1.60 bits per heavy atom. The summed E-state index contributed by atoms with van der Waals surface area (Å²) in [5, 5.41) is 7.38. The maximum absolute atomic E-state index is 4.52. The van der Waals surface area contributed by atoms with E-state index in [-0.39, 0.29) is 0 Å². The van der Waals surface area contributed by atoms with Crippen molar-refractivity contribution in [2.45, 2.75) is 13.5 Å². The molecule has 0 aliphatic rings. The highest BCUT2D eigenvalue weighted by Crippen LogP contribution is 2.06. The third-order valence-corrected chi connectivity index (χ3v) is 1.46. The normalized spacial score (nSPS) is 10.8. The van der Waals surface area contributed by atoms with E-state index in [1.165, 1.54) is 0 Å². The van der Waals surface area contributed by atoms with Gasteiger partial charge in [-0.15, -0.1) is 0 Å². The van der Waals surface area contributed by atoms with Gasteiger partial charge in [-0.05, 0) is 14.0 Å². The highest BCUT2D eigenvalue weighted by molar-refractivity contribution is 14.1. The van der Waals surface area contributed by atoms with Crippen LogP contribution in [0.3, 0.4) is 0 Å². The predicted octanol–water partition coefficient (Wildman–Crippen LogP) is 1.16. The Morgan fingerprint density at radius 2 is 2.30 bits per heavy atom. The highest BCUT2D eigenvalue weighted by Gasteiger charge is 2.05. The van der Waals surface area contributed by atoms with Crippen LogP contribution >= 0.6 is 22.9 Å². The topological polar surface area (TPSA) is 42.2 Å². The fourth-order valence-corrected chi connectivity index (χ4v) is 0.922. The van der Waals surface area contributed by atoms with Gasteiger partial charge in [-0.3, -0.25) is 0 Å². The summed E-state index contributed by atoms with van der Waals surface area (Å²) in [6, 6.07) is 0. The number of rotatable bonds is 2. The molecule has 0 amide bonds. The zero-order chi connectivity index (χ0) is 7.56. The first-order valence-electron chi connectivity index (χ1n) is 2.85. The third-order valence-electron chi connectivity index (χ3n) is 1.11. The van der Waals surface area contributed by atoms with Crippen LogP contribution in [0.25, 0.3) is 0 Å². The van der Waals surface area contributed by atoms with Crippen LogP contribution in [0.5, 0.6) is 0 Å². The number of hydrogen-bond acceptors (Lipinski definition) is 4. The molecule has 0 bridgehead atoms. The van der Waals surface area contributed by atoms with Gasteiger partial charge in [-0.25, -0.2) is 7.74 Å². The smallest absolute Gasteiger partial charge is 0.122 e. The molecule has 1 aromatic heterocycles. The molecule has 5 heteroatoms. The van der Waals surface area contributed by atoms with Gasteiger partial charge < -0.3 is 0 Å². The Kier molecular flexibility index (Phi) is 2.61. The van der Waals surface area contributed by atoms with Crippen molar-refractivity contribution in [1.29, 1.82) is 0 Å². The lowest BCUT2D eigenvalue weighted by atomic mass is 10.3. The average molecular weight is 253 g/mol. The highest BCUT2D eigenvalue weighted by atomic mass is 127.